The minimum Gasteiger partial charge on any atom is -0.453 e. The molecular formula is C16H21NO2. The van der Waals surface area contributed by atoms with Crippen molar-refractivity contribution in [2.75, 3.05) is 6.54 Å². The first-order valence-corrected chi connectivity index (χ1v) is 6.81. The summed E-state index contributed by atoms with van der Waals surface area (Å²) >= 11 is 0. The molecule has 3 nitrogen and oxygen atoms in total. The molecular weight excluding hydrogens is 238 g/mol. The van der Waals surface area contributed by atoms with Crippen molar-refractivity contribution in [1.82, 2.24) is 0 Å². The second-order valence-electron chi connectivity index (χ2n) is 5.17. The molecule has 0 saturated heterocycles. The summed E-state index contributed by atoms with van der Waals surface area (Å²) in [5.74, 6) is 0.448. The van der Waals surface area contributed by atoms with Crippen LogP contribution < -0.4 is 5.73 Å². The summed E-state index contributed by atoms with van der Waals surface area (Å²) in [7, 11) is 0. The molecule has 1 heterocycles. The van der Waals surface area contributed by atoms with Crippen LogP contribution >= 0.6 is 0 Å². The highest BCUT2D eigenvalue weighted by Gasteiger charge is 2.36. The highest BCUT2D eigenvalue weighted by Crippen LogP contribution is 2.32. The first-order chi connectivity index (χ1) is 9.06. The number of carbonyl (C=O) groups is 1. The van der Waals surface area contributed by atoms with Crippen molar-refractivity contribution in [3.05, 3.63) is 35.6 Å². The number of furan rings is 1. The minimum atomic E-state index is -0.497. The Balaban J connectivity index is 2.46. The second-order valence-corrected chi connectivity index (χ2v) is 5.17. The van der Waals surface area contributed by atoms with Crippen LogP contribution in [0.2, 0.25) is 0 Å². The van der Waals surface area contributed by atoms with Crippen molar-refractivity contribution in [1.29, 1.82) is 0 Å². The molecule has 0 aliphatic rings. The van der Waals surface area contributed by atoms with Gasteiger partial charge in [0.25, 0.3) is 0 Å². The molecule has 0 spiro atoms. The molecule has 3 heteroatoms. The average Bonchev–Trinajstić information content (AvgIpc) is 2.84. The zero-order valence-corrected chi connectivity index (χ0v) is 11.8. The smallest absolute Gasteiger partial charge is 0.205 e. The lowest BCUT2D eigenvalue weighted by Gasteiger charge is -2.26. The number of carbonyl (C=O) groups excluding carboxylic acids is 1. The highest BCUT2D eigenvalue weighted by atomic mass is 16.3. The molecule has 0 bridgehead atoms. The number of nitrogens with two attached hydrogens (primary N) is 1. The van der Waals surface area contributed by atoms with Crippen molar-refractivity contribution in [2.24, 2.45) is 11.1 Å². The predicted octanol–water partition coefficient (Wildman–Crippen LogP) is 3.69. The van der Waals surface area contributed by atoms with Gasteiger partial charge < -0.3 is 10.2 Å². The minimum absolute atomic E-state index is 0.0221. The Hall–Kier alpha value is -1.61. The first kappa shape index (κ1) is 13.8. The van der Waals surface area contributed by atoms with Gasteiger partial charge >= 0.3 is 0 Å². The number of aryl methyl sites for hydroxylation is 1. The van der Waals surface area contributed by atoms with Crippen LogP contribution in [0.15, 0.2) is 28.7 Å². The van der Waals surface area contributed by atoms with E-state index in [1.54, 1.807) is 0 Å². The van der Waals surface area contributed by atoms with Crippen molar-refractivity contribution in [2.45, 2.75) is 33.6 Å². The van der Waals surface area contributed by atoms with Crippen LogP contribution in [0.4, 0.5) is 0 Å². The van der Waals surface area contributed by atoms with Crippen LogP contribution in [-0.2, 0) is 0 Å². The average molecular weight is 259 g/mol. The van der Waals surface area contributed by atoms with E-state index in [9.17, 15) is 4.79 Å². The van der Waals surface area contributed by atoms with Gasteiger partial charge in [-0.15, -0.1) is 0 Å². The number of ketones is 1. The maximum absolute atomic E-state index is 12.6. The lowest BCUT2D eigenvalue weighted by Crippen LogP contribution is -2.37. The van der Waals surface area contributed by atoms with Crippen molar-refractivity contribution < 1.29 is 9.21 Å². The van der Waals surface area contributed by atoms with E-state index in [2.05, 4.69) is 0 Å². The fourth-order valence-electron chi connectivity index (χ4n) is 2.49. The van der Waals surface area contributed by atoms with Gasteiger partial charge in [0.15, 0.2) is 5.76 Å². The Bertz CT molecular complexity index is 586. The quantitative estimate of drug-likeness (QED) is 0.833. The fraction of sp³-hybridized carbons (Fsp3) is 0.438. The Morgan fingerprint density at radius 1 is 1.26 bits per heavy atom. The van der Waals surface area contributed by atoms with Gasteiger partial charge in [-0.2, -0.15) is 0 Å². The molecule has 2 rings (SSSR count). The topological polar surface area (TPSA) is 56.2 Å². The lowest BCUT2D eigenvalue weighted by molar-refractivity contribution is 0.0759. The monoisotopic (exact) mass is 259 g/mol. The van der Waals surface area contributed by atoms with Crippen molar-refractivity contribution in [3.63, 3.8) is 0 Å². The van der Waals surface area contributed by atoms with Crippen molar-refractivity contribution in [3.8, 4) is 0 Å². The SMILES string of the molecule is CCC(CC)(CN)C(=O)c1cc2cc(C)ccc2o1. The molecule has 19 heavy (non-hydrogen) atoms. The van der Waals surface area contributed by atoms with E-state index in [-0.39, 0.29) is 5.78 Å². The Labute approximate surface area is 113 Å². The Morgan fingerprint density at radius 3 is 2.53 bits per heavy atom. The van der Waals surface area contributed by atoms with Crippen LogP contribution in [0.5, 0.6) is 0 Å². The van der Waals surface area contributed by atoms with E-state index in [0.29, 0.717) is 12.3 Å². The molecule has 1 aromatic heterocycles. The van der Waals surface area contributed by atoms with E-state index in [1.807, 2.05) is 45.0 Å². The number of hydrogen-bond acceptors (Lipinski definition) is 3. The van der Waals surface area contributed by atoms with Gasteiger partial charge in [0, 0.05) is 17.3 Å². The molecule has 0 atom stereocenters. The second kappa shape index (κ2) is 5.17. The number of hydrogen-bond donors (Lipinski definition) is 1. The standard InChI is InChI=1S/C16H21NO2/c1-4-16(5-2,10-17)15(18)14-9-12-8-11(3)6-7-13(12)19-14/h6-9H,4-5,10,17H2,1-3H3. The molecule has 0 aliphatic carbocycles. The summed E-state index contributed by atoms with van der Waals surface area (Å²) in [5.41, 5.74) is 7.24. The molecule has 0 saturated carbocycles. The molecule has 1 aromatic carbocycles. The third kappa shape index (κ3) is 2.30. The van der Waals surface area contributed by atoms with E-state index >= 15 is 0 Å². The Morgan fingerprint density at radius 2 is 1.95 bits per heavy atom. The van der Waals surface area contributed by atoms with Crippen LogP contribution in [0, 0.1) is 12.3 Å². The predicted molar refractivity (Wildman–Crippen MR) is 77.4 cm³/mol. The van der Waals surface area contributed by atoms with Gasteiger partial charge in [0.2, 0.25) is 5.78 Å². The van der Waals surface area contributed by atoms with Gasteiger partial charge in [-0.1, -0.05) is 25.5 Å². The number of fused-ring (bicyclic) bond motifs is 1. The molecule has 2 N–H and O–H groups in total. The van der Waals surface area contributed by atoms with Gasteiger partial charge in [0.1, 0.15) is 5.58 Å². The largest absolute Gasteiger partial charge is 0.453 e. The van der Waals surface area contributed by atoms with Gasteiger partial charge in [-0.3, -0.25) is 4.79 Å². The highest BCUT2D eigenvalue weighted by molar-refractivity contribution is 6.01. The fourth-order valence-corrected chi connectivity index (χ4v) is 2.49. The molecule has 0 fully saturated rings. The van der Waals surface area contributed by atoms with Crippen LogP contribution in [0.25, 0.3) is 11.0 Å². The van der Waals surface area contributed by atoms with Crippen LogP contribution in [0.1, 0.15) is 42.8 Å². The van der Waals surface area contributed by atoms with E-state index in [1.165, 1.54) is 0 Å². The summed E-state index contributed by atoms with van der Waals surface area (Å²) in [6, 6.07) is 7.75. The normalized spacial score (nSPS) is 12.0. The number of benzene rings is 1. The third-order valence-electron chi connectivity index (χ3n) is 4.12. The number of Topliss-reactive ketones (excluding diaryl/α,β-unsaturated/α-hetero) is 1. The number of rotatable bonds is 5. The first-order valence-electron chi connectivity index (χ1n) is 6.81. The maximum Gasteiger partial charge on any atom is 0.205 e. The van der Waals surface area contributed by atoms with Crippen LogP contribution in [0.3, 0.4) is 0 Å². The zero-order chi connectivity index (χ0) is 14.0. The van der Waals surface area contributed by atoms with Crippen LogP contribution in [-0.4, -0.2) is 12.3 Å². The molecule has 0 unspecified atom stereocenters. The van der Waals surface area contributed by atoms with Crippen molar-refractivity contribution >= 4 is 16.8 Å². The summed E-state index contributed by atoms with van der Waals surface area (Å²) < 4.78 is 5.69. The summed E-state index contributed by atoms with van der Waals surface area (Å²) in [6.45, 7) is 6.38. The van der Waals surface area contributed by atoms with E-state index in [4.69, 9.17) is 10.2 Å². The molecule has 102 valence electrons. The third-order valence-corrected chi connectivity index (χ3v) is 4.12. The van der Waals surface area contributed by atoms with Gasteiger partial charge in [0.05, 0.1) is 0 Å². The zero-order valence-electron chi connectivity index (χ0n) is 11.8. The molecule has 2 aromatic rings. The molecule has 0 radical (unpaired) electrons. The summed E-state index contributed by atoms with van der Waals surface area (Å²) in [4.78, 5) is 12.6. The lowest BCUT2D eigenvalue weighted by atomic mass is 9.77. The Kier molecular flexibility index (Phi) is 3.76. The van der Waals surface area contributed by atoms with E-state index in [0.717, 1.165) is 29.4 Å². The maximum atomic E-state index is 12.6. The molecule has 0 amide bonds. The molecule has 0 aliphatic heterocycles. The summed E-state index contributed by atoms with van der Waals surface area (Å²) in [6.07, 6.45) is 1.46. The van der Waals surface area contributed by atoms with Gasteiger partial charge in [-0.05, 0) is 38.0 Å². The van der Waals surface area contributed by atoms with Gasteiger partial charge in [-0.25, -0.2) is 0 Å². The summed E-state index contributed by atoms with van der Waals surface area (Å²) in [5, 5.41) is 0.974. The van der Waals surface area contributed by atoms with E-state index < -0.39 is 5.41 Å².